The van der Waals surface area contributed by atoms with Crippen LogP contribution in [0.4, 0.5) is 0 Å². The third-order valence-electron chi connectivity index (χ3n) is 4.50. The van der Waals surface area contributed by atoms with Crippen LogP contribution in [0.25, 0.3) is 33.4 Å². The van der Waals surface area contributed by atoms with Crippen molar-refractivity contribution >= 4 is 34.3 Å². The minimum atomic E-state index is -1.01. The number of thiazole rings is 1. The van der Waals surface area contributed by atoms with Gasteiger partial charge in [-0.15, -0.1) is 0 Å². The number of aromatic nitrogens is 3. The second-order valence-electron chi connectivity index (χ2n) is 6.33. The molecular formula is C22H19N3O2S. The summed E-state index contributed by atoms with van der Waals surface area (Å²) >= 11 is 1.37. The quantitative estimate of drug-likeness (QED) is 0.493. The van der Waals surface area contributed by atoms with Gasteiger partial charge in [-0.05, 0) is 31.0 Å². The average molecular weight is 389 g/mol. The molecule has 0 aliphatic carbocycles. The first-order chi connectivity index (χ1) is 13.6. The normalized spacial score (nSPS) is 11.5. The Balaban J connectivity index is 1.99. The van der Waals surface area contributed by atoms with E-state index in [4.69, 9.17) is 5.10 Å². The van der Waals surface area contributed by atoms with Crippen LogP contribution in [-0.4, -0.2) is 25.8 Å². The predicted molar refractivity (Wildman–Crippen MR) is 113 cm³/mol. The SMILES string of the molecule is CC=Cc1ccc2c(-c3ccccc3)nn(-c3nc(C(=O)O)c(CC)s3)c2c1. The average Bonchev–Trinajstić information content (AvgIpc) is 3.30. The Bertz CT molecular complexity index is 1190. The van der Waals surface area contributed by atoms with Gasteiger partial charge in [-0.25, -0.2) is 14.5 Å². The number of hydrogen-bond acceptors (Lipinski definition) is 4. The molecule has 0 aliphatic rings. The molecule has 4 aromatic rings. The zero-order valence-electron chi connectivity index (χ0n) is 15.6. The zero-order chi connectivity index (χ0) is 19.7. The van der Waals surface area contributed by atoms with Crippen LogP contribution >= 0.6 is 11.3 Å². The van der Waals surface area contributed by atoms with E-state index in [2.05, 4.69) is 23.2 Å². The number of nitrogens with zero attached hydrogens (tertiary/aromatic N) is 3. The molecule has 0 fully saturated rings. The summed E-state index contributed by atoms with van der Waals surface area (Å²) < 4.78 is 1.76. The van der Waals surface area contributed by atoms with Crippen LogP contribution in [0.15, 0.2) is 54.6 Å². The molecule has 0 amide bonds. The van der Waals surface area contributed by atoms with Crippen molar-refractivity contribution in [1.29, 1.82) is 0 Å². The molecule has 0 atom stereocenters. The van der Waals surface area contributed by atoms with Gasteiger partial charge in [-0.3, -0.25) is 0 Å². The Morgan fingerprint density at radius 1 is 1.21 bits per heavy atom. The summed E-state index contributed by atoms with van der Waals surface area (Å²) in [5.41, 5.74) is 3.94. The number of benzene rings is 2. The molecule has 0 radical (unpaired) electrons. The number of hydrogen-bond donors (Lipinski definition) is 1. The van der Waals surface area contributed by atoms with Crippen molar-refractivity contribution in [1.82, 2.24) is 14.8 Å². The number of aryl methyl sites for hydroxylation is 1. The second-order valence-corrected chi connectivity index (χ2v) is 7.39. The van der Waals surface area contributed by atoms with E-state index in [1.54, 1.807) is 4.68 Å². The lowest BCUT2D eigenvalue weighted by molar-refractivity contribution is 0.0690. The first kappa shape index (κ1) is 18.1. The number of carboxylic acid groups (broad SMARTS) is 1. The molecule has 5 nitrogen and oxygen atoms in total. The molecule has 0 spiro atoms. The fraction of sp³-hybridized carbons (Fsp3) is 0.136. The Kier molecular flexibility index (Phi) is 4.79. The van der Waals surface area contributed by atoms with E-state index >= 15 is 0 Å². The molecule has 0 saturated heterocycles. The molecule has 140 valence electrons. The highest BCUT2D eigenvalue weighted by Gasteiger charge is 2.20. The number of carbonyl (C=O) groups is 1. The Hall–Kier alpha value is -3.25. The van der Waals surface area contributed by atoms with E-state index in [9.17, 15) is 9.90 Å². The molecule has 28 heavy (non-hydrogen) atoms. The van der Waals surface area contributed by atoms with Crippen molar-refractivity contribution in [2.75, 3.05) is 0 Å². The third kappa shape index (κ3) is 3.12. The van der Waals surface area contributed by atoms with Crippen molar-refractivity contribution in [3.63, 3.8) is 0 Å². The summed E-state index contributed by atoms with van der Waals surface area (Å²) in [7, 11) is 0. The fourth-order valence-electron chi connectivity index (χ4n) is 3.22. The third-order valence-corrected chi connectivity index (χ3v) is 5.68. The summed E-state index contributed by atoms with van der Waals surface area (Å²) in [6.07, 6.45) is 4.63. The van der Waals surface area contributed by atoms with E-state index in [0.717, 1.165) is 32.6 Å². The van der Waals surface area contributed by atoms with Crippen LogP contribution in [0.2, 0.25) is 0 Å². The fourth-order valence-corrected chi connectivity index (χ4v) is 4.18. The molecule has 2 heterocycles. The van der Waals surface area contributed by atoms with E-state index in [-0.39, 0.29) is 5.69 Å². The van der Waals surface area contributed by atoms with Crippen LogP contribution in [0, 0.1) is 0 Å². The summed E-state index contributed by atoms with van der Waals surface area (Å²) in [5, 5.41) is 15.9. The molecular weight excluding hydrogens is 370 g/mol. The Morgan fingerprint density at radius 2 is 2.00 bits per heavy atom. The van der Waals surface area contributed by atoms with Crippen LogP contribution < -0.4 is 0 Å². The maximum absolute atomic E-state index is 11.6. The highest BCUT2D eigenvalue weighted by molar-refractivity contribution is 7.14. The van der Waals surface area contributed by atoms with E-state index in [0.29, 0.717) is 11.6 Å². The first-order valence-corrected chi connectivity index (χ1v) is 9.88. The minimum Gasteiger partial charge on any atom is -0.476 e. The number of fused-ring (bicyclic) bond motifs is 1. The topological polar surface area (TPSA) is 68.0 Å². The van der Waals surface area contributed by atoms with Crippen molar-refractivity contribution in [3.8, 4) is 16.4 Å². The lowest BCUT2D eigenvalue weighted by Crippen LogP contribution is -2.02. The summed E-state index contributed by atoms with van der Waals surface area (Å²) in [4.78, 5) is 16.7. The maximum Gasteiger partial charge on any atom is 0.355 e. The first-order valence-electron chi connectivity index (χ1n) is 9.06. The molecule has 6 heteroatoms. The Labute approximate surface area is 166 Å². The largest absolute Gasteiger partial charge is 0.476 e. The van der Waals surface area contributed by atoms with Crippen LogP contribution in [0.5, 0.6) is 0 Å². The van der Waals surface area contributed by atoms with Gasteiger partial charge < -0.3 is 5.11 Å². The van der Waals surface area contributed by atoms with E-state index < -0.39 is 5.97 Å². The predicted octanol–water partition coefficient (Wildman–Crippen LogP) is 5.44. The van der Waals surface area contributed by atoms with Gasteiger partial charge in [0.15, 0.2) is 5.69 Å². The molecule has 1 N–H and O–H groups in total. The van der Waals surface area contributed by atoms with Crippen molar-refractivity contribution in [2.24, 2.45) is 0 Å². The molecule has 2 aromatic heterocycles. The summed E-state index contributed by atoms with van der Waals surface area (Å²) in [5.74, 6) is -1.01. The second kappa shape index (κ2) is 7.40. The summed E-state index contributed by atoms with van der Waals surface area (Å²) in [6, 6.07) is 16.2. The number of allylic oxidation sites excluding steroid dienone is 1. The molecule has 4 rings (SSSR count). The number of aromatic carboxylic acids is 1. The number of carboxylic acids is 1. The van der Waals surface area contributed by atoms with Crippen molar-refractivity contribution in [2.45, 2.75) is 20.3 Å². The smallest absolute Gasteiger partial charge is 0.355 e. The standard InChI is InChI=1S/C22H19N3O2S/c1-3-8-14-11-12-16-17(13-14)25(24-19(16)15-9-6-5-7-10-15)22-23-20(21(26)27)18(4-2)28-22/h3,5-13H,4H2,1-2H3,(H,26,27). The van der Waals surface area contributed by atoms with E-state index in [1.807, 2.05) is 56.3 Å². The van der Waals surface area contributed by atoms with Gasteiger partial charge in [0, 0.05) is 15.8 Å². The van der Waals surface area contributed by atoms with Gasteiger partial charge in [-0.1, -0.05) is 66.8 Å². The van der Waals surface area contributed by atoms with Crippen molar-refractivity contribution < 1.29 is 9.90 Å². The molecule has 2 aromatic carbocycles. The van der Waals surface area contributed by atoms with Gasteiger partial charge in [-0.2, -0.15) is 5.10 Å². The van der Waals surface area contributed by atoms with Gasteiger partial charge in [0.2, 0.25) is 5.13 Å². The highest BCUT2D eigenvalue weighted by atomic mass is 32.1. The van der Waals surface area contributed by atoms with E-state index in [1.165, 1.54) is 11.3 Å². The zero-order valence-corrected chi connectivity index (χ0v) is 16.4. The lowest BCUT2D eigenvalue weighted by Gasteiger charge is -1.99. The van der Waals surface area contributed by atoms with Gasteiger partial charge in [0.05, 0.1) is 5.52 Å². The highest BCUT2D eigenvalue weighted by Crippen LogP contribution is 2.32. The summed E-state index contributed by atoms with van der Waals surface area (Å²) in [6.45, 7) is 3.91. The molecule has 0 saturated carbocycles. The monoisotopic (exact) mass is 389 g/mol. The van der Waals surface area contributed by atoms with Gasteiger partial charge >= 0.3 is 5.97 Å². The van der Waals surface area contributed by atoms with Crippen LogP contribution in [0.3, 0.4) is 0 Å². The molecule has 0 aliphatic heterocycles. The molecule has 0 unspecified atom stereocenters. The van der Waals surface area contributed by atoms with Gasteiger partial charge in [0.25, 0.3) is 0 Å². The van der Waals surface area contributed by atoms with Crippen molar-refractivity contribution in [3.05, 3.63) is 70.7 Å². The minimum absolute atomic E-state index is 0.108. The van der Waals surface area contributed by atoms with Crippen LogP contribution in [0.1, 0.15) is 34.8 Å². The number of rotatable bonds is 5. The Morgan fingerprint density at radius 3 is 2.64 bits per heavy atom. The maximum atomic E-state index is 11.6. The lowest BCUT2D eigenvalue weighted by atomic mass is 10.1. The van der Waals surface area contributed by atoms with Crippen LogP contribution in [-0.2, 0) is 6.42 Å². The van der Waals surface area contributed by atoms with Gasteiger partial charge in [0.1, 0.15) is 5.69 Å². The molecule has 0 bridgehead atoms.